The Morgan fingerprint density at radius 3 is 2.47 bits per heavy atom. The Morgan fingerprint density at radius 1 is 1.37 bits per heavy atom. The molecule has 0 fully saturated rings. The van der Waals surface area contributed by atoms with Gasteiger partial charge in [0.1, 0.15) is 0 Å². The molecule has 0 heterocycles. The van der Waals surface area contributed by atoms with Crippen molar-refractivity contribution in [2.45, 2.75) is 39.5 Å². The van der Waals surface area contributed by atoms with Crippen LogP contribution in [0.4, 0.5) is 8.78 Å². The average molecular weight is 291 g/mol. The minimum Gasteiger partial charge on any atom is -0.481 e. The van der Waals surface area contributed by atoms with E-state index in [0.29, 0.717) is 16.1 Å². The molecule has 1 atom stereocenters. The average Bonchev–Trinajstić information content (AvgIpc) is 2.20. The summed E-state index contributed by atoms with van der Waals surface area (Å²) in [6, 6.07) is 2.90. The van der Waals surface area contributed by atoms with E-state index >= 15 is 0 Å². The monoisotopic (exact) mass is 290 g/mol. The van der Waals surface area contributed by atoms with E-state index in [-0.39, 0.29) is 12.0 Å². The van der Waals surface area contributed by atoms with Gasteiger partial charge in [0.2, 0.25) is 0 Å². The van der Waals surface area contributed by atoms with Gasteiger partial charge in [0.15, 0.2) is 0 Å². The molecule has 1 aromatic rings. The van der Waals surface area contributed by atoms with E-state index < -0.39 is 24.2 Å². The van der Waals surface area contributed by atoms with Gasteiger partial charge in [-0.1, -0.05) is 18.5 Å². The van der Waals surface area contributed by atoms with Crippen molar-refractivity contribution in [1.29, 1.82) is 0 Å². The fraction of sp³-hybridized carbons (Fsp3) is 0.500. The van der Waals surface area contributed by atoms with Gasteiger partial charge in [-0.15, -0.1) is 0 Å². The molecule has 0 radical (unpaired) electrons. The molecule has 0 saturated carbocycles. The first-order valence-corrected chi connectivity index (χ1v) is 6.38. The van der Waals surface area contributed by atoms with E-state index in [1.165, 1.54) is 19.1 Å². The third-order valence-electron chi connectivity index (χ3n) is 3.03. The highest BCUT2D eigenvalue weighted by Crippen LogP contribution is 2.38. The number of hydrogen-bond acceptors (Lipinski definition) is 1. The van der Waals surface area contributed by atoms with Crippen LogP contribution in [0, 0.1) is 19.8 Å². The van der Waals surface area contributed by atoms with Crippen molar-refractivity contribution in [1.82, 2.24) is 0 Å². The highest BCUT2D eigenvalue weighted by atomic mass is 35.5. The Balaban J connectivity index is 2.99. The van der Waals surface area contributed by atoms with Crippen molar-refractivity contribution < 1.29 is 18.7 Å². The first-order chi connectivity index (χ1) is 8.63. The van der Waals surface area contributed by atoms with Gasteiger partial charge in [-0.3, -0.25) is 4.79 Å². The Labute approximate surface area is 116 Å². The zero-order valence-electron chi connectivity index (χ0n) is 11.1. The van der Waals surface area contributed by atoms with E-state index in [1.54, 1.807) is 13.8 Å². The number of carbonyl (C=O) groups is 1. The number of aliphatic carboxylic acids is 1. The molecule has 1 rings (SSSR count). The molecule has 0 aliphatic rings. The van der Waals surface area contributed by atoms with Crippen LogP contribution >= 0.6 is 11.6 Å². The van der Waals surface area contributed by atoms with Gasteiger partial charge in [0, 0.05) is 23.4 Å². The zero-order valence-corrected chi connectivity index (χ0v) is 11.9. The van der Waals surface area contributed by atoms with Crippen LogP contribution in [0.2, 0.25) is 5.02 Å². The molecule has 106 valence electrons. The van der Waals surface area contributed by atoms with E-state index in [2.05, 4.69) is 0 Å². The molecular formula is C14H17ClF2O2. The first kappa shape index (κ1) is 15.9. The van der Waals surface area contributed by atoms with Gasteiger partial charge >= 0.3 is 5.97 Å². The SMILES string of the molecule is Cc1cc(C(F)(F)CC(C)CC(=O)O)c(C)cc1Cl. The fourth-order valence-electron chi connectivity index (χ4n) is 2.09. The Hall–Kier alpha value is -1.16. The van der Waals surface area contributed by atoms with E-state index in [0.717, 1.165) is 0 Å². The zero-order chi connectivity index (χ0) is 14.8. The first-order valence-electron chi connectivity index (χ1n) is 6.00. The molecule has 0 aromatic heterocycles. The minimum atomic E-state index is -3.05. The minimum absolute atomic E-state index is 0.0772. The van der Waals surface area contributed by atoms with Crippen LogP contribution in [-0.2, 0) is 10.7 Å². The third-order valence-corrected chi connectivity index (χ3v) is 3.43. The number of aryl methyl sites for hydroxylation is 2. The number of benzene rings is 1. The Bertz CT molecular complexity index is 487. The number of carboxylic acids is 1. The van der Waals surface area contributed by atoms with Gasteiger partial charge in [0.05, 0.1) is 0 Å². The number of rotatable bonds is 5. The van der Waals surface area contributed by atoms with Gasteiger partial charge in [0.25, 0.3) is 5.92 Å². The van der Waals surface area contributed by atoms with Gasteiger partial charge in [-0.25, -0.2) is 8.78 Å². The highest BCUT2D eigenvalue weighted by molar-refractivity contribution is 6.31. The van der Waals surface area contributed by atoms with Crippen LogP contribution in [0.1, 0.15) is 36.5 Å². The molecule has 0 saturated heterocycles. The molecule has 0 bridgehead atoms. The van der Waals surface area contributed by atoms with Crippen LogP contribution in [0.15, 0.2) is 12.1 Å². The van der Waals surface area contributed by atoms with Crippen molar-refractivity contribution in [3.05, 3.63) is 33.8 Å². The molecular weight excluding hydrogens is 274 g/mol. The van der Waals surface area contributed by atoms with E-state index in [4.69, 9.17) is 16.7 Å². The van der Waals surface area contributed by atoms with Crippen molar-refractivity contribution in [2.75, 3.05) is 0 Å². The highest BCUT2D eigenvalue weighted by Gasteiger charge is 2.35. The maximum Gasteiger partial charge on any atom is 0.303 e. The lowest BCUT2D eigenvalue weighted by atomic mass is 9.91. The van der Waals surface area contributed by atoms with Crippen molar-refractivity contribution >= 4 is 17.6 Å². The summed E-state index contributed by atoms with van der Waals surface area (Å²) in [5.74, 6) is -4.70. The Kier molecular flexibility index (Phi) is 4.91. The van der Waals surface area contributed by atoms with Crippen LogP contribution in [0.3, 0.4) is 0 Å². The lowest BCUT2D eigenvalue weighted by Gasteiger charge is -2.22. The molecule has 0 aliphatic carbocycles. The van der Waals surface area contributed by atoms with Gasteiger partial charge in [-0.2, -0.15) is 0 Å². The second-order valence-electron chi connectivity index (χ2n) is 5.03. The molecule has 2 nitrogen and oxygen atoms in total. The predicted octanol–water partition coefficient (Wildman–Crippen LogP) is 4.55. The number of halogens is 3. The maximum absolute atomic E-state index is 14.2. The second-order valence-corrected chi connectivity index (χ2v) is 5.44. The summed E-state index contributed by atoms with van der Waals surface area (Å²) in [6.07, 6.45) is -0.748. The largest absolute Gasteiger partial charge is 0.481 e. The van der Waals surface area contributed by atoms with E-state index in [1.807, 2.05) is 0 Å². The lowest BCUT2D eigenvalue weighted by Crippen LogP contribution is -2.20. The summed E-state index contributed by atoms with van der Waals surface area (Å²) in [5, 5.41) is 9.08. The van der Waals surface area contributed by atoms with Crippen LogP contribution in [0.5, 0.6) is 0 Å². The molecule has 1 N–H and O–H groups in total. The number of carboxylic acid groups (broad SMARTS) is 1. The molecule has 1 unspecified atom stereocenters. The smallest absolute Gasteiger partial charge is 0.303 e. The normalized spacial score (nSPS) is 13.4. The summed E-state index contributed by atoms with van der Waals surface area (Å²) in [6.45, 7) is 4.76. The van der Waals surface area contributed by atoms with Crippen molar-refractivity contribution in [2.24, 2.45) is 5.92 Å². The number of hydrogen-bond donors (Lipinski definition) is 1. The summed E-state index contributed by atoms with van der Waals surface area (Å²) < 4.78 is 28.4. The summed E-state index contributed by atoms with van der Waals surface area (Å²) in [4.78, 5) is 10.5. The van der Waals surface area contributed by atoms with Crippen molar-refractivity contribution in [3.63, 3.8) is 0 Å². The number of alkyl halides is 2. The summed E-state index contributed by atoms with van der Waals surface area (Å²) in [7, 11) is 0. The van der Waals surface area contributed by atoms with Crippen molar-refractivity contribution in [3.8, 4) is 0 Å². The Morgan fingerprint density at radius 2 is 1.95 bits per heavy atom. The van der Waals surface area contributed by atoms with Gasteiger partial charge in [-0.05, 0) is 43.0 Å². The third kappa shape index (κ3) is 4.16. The maximum atomic E-state index is 14.2. The predicted molar refractivity (Wildman–Crippen MR) is 70.9 cm³/mol. The molecule has 19 heavy (non-hydrogen) atoms. The van der Waals surface area contributed by atoms with Crippen LogP contribution < -0.4 is 0 Å². The van der Waals surface area contributed by atoms with Crippen LogP contribution in [-0.4, -0.2) is 11.1 Å². The molecule has 0 spiro atoms. The van der Waals surface area contributed by atoms with E-state index in [9.17, 15) is 13.6 Å². The molecule has 1 aromatic carbocycles. The van der Waals surface area contributed by atoms with Crippen LogP contribution in [0.25, 0.3) is 0 Å². The fourth-order valence-corrected chi connectivity index (χ4v) is 2.31. The standard InChI is InChI=1S/C14H17ClF2O2/c1-8(4-13(18)19)7-14(16,17)11-5-10(3)12(15)6-9(11)2/h5-6,8H,4,7H2,1-3H3,(H,18,19). The quantitative estimate of drug-likeness (QED) is 0.864. The topological polar surface area (TPSA) is 37.3 Å². The van der Waals surface area contributed by atoms with Gasteiger partial charge < -0.3 is 5.11 Å². The molecule has 5 heteroatoms. The lowest BCUT2D eigenvalue weighted by molar-refractivity contribution is -0.138. The second kappa shape index (κ2) is 5.87. The molecule has 0 aliphatic heterocycles. The summed E-state index contributed by atoms with van der Waals surface area (Å²) >= 11 is 5.89. The molecule has 0 amide bonds. The summed E-state index contributed by atoms with van der Waals surface area (Å²) in [5.41, 5.74) is 0.933.